The van der Waals surface area contributed by atoms with Crippen molar-refractivity contribution in [3.8, 4) is 0 Å². The molecule has 1 aromatic heterocycles. The molecule has 1 aromatic carbocycles. The van der Waals surface area contributed by atoms with Gasteiger partial charge in [0.2, 0.25) is 10.0 Å². The van der Waals surface area contributed by atoms with Crippen molar-refractivity contribution < 1.29 is 35.2 Å². The molecular weight excluding hydrogens is 397 g/mol. The lowest BCUT2D eigenvalue weighted by Gasteiger charge is -2.09. The van der Waals surface area contributed by atoms with E-state index in [1.54, 1.807) is 0 Å². The molecule has 0 saturated carbocycles. The summed E-state index contributed by atoms with van der Waals surface area (Å²) >= 11 is 0. The first-order chi connectivity index (χ1) is 12.3. The summed E-state index contributed by atoms with van der Waals surface area (Å²) in [6.45, 7) is -0.525. The van der Waals surface area contributed by atoms with Crippen LogP contribution in [0.3, 0.4) is 0 Å². The number of anilines is 1. The van der Waals surface area contributed by atoms with Gasteiger partial charge in [0.1, 0.15) is 17.1 Å². The number of halogens is 5. The SMILES string of the molecule is Cc1c(S(=O)(=O)NCC(F)(F)F)cn(C)c1C(=O)Nc1ccc(F)c(F)c1. The average Bonchev–Trinajstić information content (AvgIpc) is 2.84. The second-order valence-corrected chi connectivity index (χ2v) is 7.34. The second-order valence-electron chi connectivity index (χ2n) is 5.60. The topological polar surface area (TPSA) is 80.2 Å². The summed E-state index contributed by atoms with van der Waals surface area (Å²) in [6.07, 6.45) is -3.77. The minimum atomic E-state index is -4.75. The number of benzene rings is 1. The van der Waals surface area contributed by atoms with Gasteiger partial charge in [-0.25, -0.2) is 21.9 Å². The molecule has 0 unspecified atom stereocenters. The van der Waals surface area contributed by atoms with Gasteiger partial charge in [-0.1, -0.05) is 0 Å². The van der Waals surface area contributed by atoms with Crippen molar-refractivity contribution in [1.82, 2.24) is 9.29 Å². The molecule has 6 nitrogen and oxygen atoms in total. The number of aromatic nitrogens is 1. The summed E-state index contributed by atoms with van der Waals surface area (Å²) < 4.78 is 89.6. The van der Waals surface area contributed by atoms with Crippen LogP contribution in [0, 0.1) is 18.6 Å². The van der Waals surface area contributed by atoms with E-state index in [4.69, 9.17) is 0 Å². The highest BCUT2D eigenvalue weighted by Crippen LogP contribution is 2.23. The summed E-state index contributed by atoms with van der Waals surface area (Å²) in [5.74, 6) is -3.17. The lowest BCUT2D eigenvalue weighted by atomic mass is 10.2. The van der Waals surface area contributed by atoms with Gasteiger partial charge in [0.15, 0.2) is 11.6 Å². The first kappa shape index (κ1) is 20.8. The Balaban J connectivity index is 2.31. The molecule has 2 rings (SSSR count). The van der Waals surface area contributed by atoms with E-state index in [1.165, 1.54) is 18.7 Å². The van der Waals surface area contributed by atoms with Crippen LogP contribution in [-0.4, -0.2) is 31.6 Å². The van der Waals surface area contributed by atoms with Crippen LogP contribution in [0.2, 0.25) is 0 Å². The van der Waals surface area contributed by atoms with E-state index in [0.717, 1.165) is 29.0 Å². The molecule has 0 atom stereocenters. The van der Waals surface area contributed by atoms with Gasteiger partial charge in [0, 0.05) is 25.0 Å². The van der Waals surface area contributed by atoms with E-state index in [-0.39, 0.29) is 16.9 Å². The number of amides is 1. The largest absolute Gasteiger partial charge is 0.402 e. The minimum Gasteiger partial charge on any atom is -0.345 e. The van der Waals surface area contributed by atoms with Gasteiger partial charge in [-0.15, -0.1) is 0 Å². The van der Waals surface area contributed by atoms with Crippen LogP contribution in [0.25, 0.3) is 0 Å². The van der Waals surface area contributed by atoms with E-state index in [9.17, 15) is 35.2 Å². The fourth-order valence-corrected chi connectivity index (χ4v) is 3.64. The van der Waals surface area contributed by atoms with Crippen LogP contribution < -0.4 is 10.0 Å². The van der Waals surface area contributed by atoms with Crippen molar-refractivity contribution in [2.24, 2.45) is 7.05 Å². The molecule has 0 aliphatic heterocycles. The number of nitrogens with one attached hydrogen (secondary N) is 2. The number of alkyl halides is 3. The Morgan fingerprint density at radius 2 is 1.81 bits per heavy atom. The number of hydrogen-bond donors (Lipinski definition) is 2. The third kappa shape index (κ3) is 4.83. The number of nitrogens with zero attached hydrogens (tertiary/aromatic N) is 1. The van der Waals surface area contributed by atoms with Gasteiger partial charge in [-0.3, -0.25) is 4.79 Å². The van der Waals surface area contributed by atoms with Crippen LogP contribution >= 0.6 is 0 Å². The highest BCUT2D eigenvalue weighted by molar-refractivity contribution is 7.89. The molecule has 0 saturated heterocycles. The van der Waals surface area contributed by atoms with Gasteiger partial charge < -0.3 is 9.88 Å². The van der Waals surface area contributed by atoms with Crippen molar-refractivity contribution in [3.05, 3.63) is 47.3 Å². The van der Waals surface area contributed by atoms with E-state index in [2.05, 4.69) is 5.32 Å². The maximum absolute atomic E-state index is 13.2. The molecule has 0 aliphatic carbocycles. The monoisotopic (exact) mass is 411 g/mol. The molecule has 2 N–H and O–H groups in total. The zero-order valence-corrected chi connectivity index (χ0v) is 14.8. The smallest absolute Gasteiger partial charge is 0.345 e. The Hall–Kier alpha value is -2.47. The molecule has 27 heavy (non-hydrogen) atoms. The van der Waals surface area contributed by atoms with Crippen molar-refractivity contribution >= 4 is 21.6 Å². The Kier molecular flexibility index (Phi) is 5.61. The quantitative estimate of drug-likeness (QED) is 0.743. The number of sulfonamides is 1. The summed E-state index contributed by atoms with van der Waals surface area (Å²) in [6, 6.07) is 2.62. The molecule has 0 aliphatic rings. The number of rotatable bonds is 5. The summed E-state index contributed by atoms with van der Waals surface area (Å²) in [7, 11) is -3.21. The van der Waals surface area contributed by atoms with Crippen LogP contribution in [-0.2, 0) is 17.1 Å². The third-order valence-corrected chi connectivity index (χ3v) is 5.05. The number of aryl methyl sites for hydroxylation is 1. The predicted molar refractivity (Wildman–Crippen MR) is 85.7 cm³/mol. The minimum absolute atomic E-state index is 0.0842. The highest BCUT2D eigenvalue weighted by atomic mass is 32.2. The van der Waals surface area contributed by atoms with Gasteiger partial charge in [0.05, 0.1) is 0 Å². The summed E-state index contributed by atoms with van der Waals surface area (Å²) in [4.78, 5) is 11.9. The van der Waals surface area contributed by atoms with Crippen molar-refractivity contribution in [3.63, 3.8) is 0 Å². The predicted octanol–water partition coefficient (Wildman–Crippen LogP) is 2.70. The van der Waals surface area contributed by atoms with Crippen molar-refractivity contribution in [2.75, 3.05) is 11.9 Å². The molecule has 1 amide bonds. The molecule has 0 fully saturated rings. The zero-order valence-electron chi connectivity index (χ0n) is 14.0. The maximum atomic E-state index is 13.2. The lowest BCUT2D eigenvalue weighted by molar-refractivity contribution is -0.121. The van der Waals surface area contributed by atoms with Crippen LogP contribution in [0.15, 0.2) is 29.3 Å². The van der Waals surface area contributed by atoms with E-state index in [0.29, 0.717) is 0 Å². The first-order valence-electron chi connectivity index (χ1n) is 7.30. The average molecular weight is 411 g/mol. The molecule has 0 radical (unpaired) electrons. The van der Waals surface area contributed by atoms with E-state index in [1.807, 2.05) is 0 Å². The fraction of sp³-hybridized carbons (Fsp3) is 0.267. The van der Waals surface area contributed by atoms with E-state index >= 15 is 0 Å². The summed E-state index contributed by atoms with van der Waals surface area (Å²) in [5.41, 5.74) is -0.363. The molecule has 2 aromatic rings. The first-order valence-corrected chi connectivity index (χ1v) is 8.79. The van der Waals surface area contributed by atoms with Gasteiger partial charge in [-0.05, 0) is 24.6 Å². The zero-order chi connectivity index (χ0) is 20.6. The van der Waals surface area contributed by atoms with Crippen LogP contribution in [0.5, 0.6) is 0 Å². The van der Waals surface area contributed by atoms with E-state index < -0.39 is 45.2 Å². The van der Waals surface area contributed by atoms with Gasteiger partial charge in [0.25, 0.3) is 5.91 Å². The normalized spacial score (nSPS) is 12.3. The van der Waals surface area contributed by atoms with Gasteiger partial charge >= 0.3 is 6.18 Å². The lowest BCUT2D eigenvalue weighted by Crippen LogP contribution is -2.33. The highest BCUT2D eigenvalue weighted by Gasteiger charge is 2.32. The Morgan fingerprint density at radius 3 is 2.37 bits per heavy atom. The number of carbonyl (C=O) groups excluding carboxylic acids is 1. The van der Waals surface area contributed by atoms with Crippen molar-refractivity contribution in [2.45, 2.75) is 18.0 Å². The maximum Gasteiger partial charge on any atom is 0.402 e. The molecular formula is C15H14F5N3O3S. The Bertz CT molecular complexity index is 983. The fourth-order valence-electron chi connectivity index (χ4n) is 2.34. The van der Waals surface area contributed by atoms with Gasteiger partial charge in [-0.2, -0.15) is 13.2 Å². The number of carbonyl (C=O) groups is 1. The molecule has 148 valence electrons. The molecule has 0 bridgehead atoms. The second kappa shape index (κ2) is 7.27. The molecule has 0 spiro atoms. The third-order valence-electron chi connectivity index (χ3n) is 3.53. The number of hydrogen-bond acceptors (Lipinski definition) is 3. The Labute approximate surface area is 151 Å². The van der Waals surface area contributed by atoms with Crippen LogP contribution in [0.1, 0.15) is 16.1 Å². The molecule has 1 heterocycles. The molecule has 12 heteroatoms. The standard InChI is InChI=1S/C15H14F5N3O3S/c1-8-12(27(25,26)21-7-15(18,19)20)6-23(2)13(8)14(24)22-9-3-4-10(16)11(17)5-9/h3-6,21H,7H2,1-2H3,(H,22,24). The van der Waals surface area contributed by atoms with Crippen molar-refractivity contribution in [1.29, 1.82) is 0 Å². The van der Waals surface area contributed by atoms with Crippen LogP contribution in [0.4, 0.5) is 27.6 Å². The Morgan fingerprint density at radius 1 is 1.19 bits per heavy atom. The summed E-state index contributed by atoms with van der Waals surface area (Å²) in [5, 5.41) is 2.27.